The molecule has 2 aromatic heterocycles. The second-order valence-corrected chi connectivity index (χ2v) is 6.36. The molecule has 6 nitrogen and oxygen atoms in total. The molecule has 3 heterocycles. The van der Waals surface area contributed by atoms with Crippen LogP contribution in [-0.2, 0) is 7.05 Å². The van der Waals surface area contributed by atoms with Crippen LogP contribution in [0.25, 0.3) is 10.9 Å². The number of fused-ring (bicyclic) bond motifs is 1. The number of amides is 2. The van der Waals surface area contributed by atoms with Gasteiger partial charge in [0.05, 0.1) is 0 Å². The molecular formula is C18H21N5O. The smallest absolute Gasteiger partial charge is 0.323 e. The summed E-state index contributed by atoms with van der Waals surface area (Å²) < 4.78 is 1.68. The minimum Gasteiger partial charge on any atom is -0.361 e. The predicted molar refractivity (Wildman–Crippen MR) is 94.1 cm³/mol. The van der Waals surface area contributed by atoms with Gasteiger partial charge in [0, 0.05) is 49.5 Å². The van der Waals surface area contributed by atoms with Gasteiger partial charge < -0.3 is 9.88 Å². The molecule has 0 unspecified atom stereocenters. The maximum Gasteiger partial charge on any atom is 0.323 e. The molecule has 1 saturated heterocycles. The number of rotatable bonds is 2. The average molecular weight is 323 g/mol. The Morgan fingerprint density at radius 1 is 1.25 bits per heavy atom. The average Bonchev–Trinajstić information content (AvgIpc) is 3.21. The molecule has 2 amide bonds. The van der Waals surface area contributed by atoms with Crippen LogP contribution in [-0.4, -0.2) is 38.8 Å². The van der Waals surface area contributed by atoms with E-state index in [1.54, 1.807) is 10.7 Å². The first-order valence-corrected chi connectivity index (χ1v) is 8.32. The van der Waals surface area contributed by atoms with E-state index in [0.29, 0.717) is 11.7 Å². The van der Waals surface area contributed by atoms with E-state index in [-0.39, 0.29) is 6.03 Å². The van der Waals surface area contributed by atoms with Crippen LogP contribution in [0.2, 0.25) is 0 Å². The van der Waals surface area contributed by atoms with E-state index in [4.69, 9.17) is 0 Å². The maximum absolute atomic E-state index is 12.3. The molecule has 3 aromatic rings. The summed E-state index contributed by atoms with van der Waals surface area (Å²) in [5.74, 6) is 1.10. The summed E-state index contributed by atoms with van der Waals surface area (Å²) in [4.78, 5) is 17.6. The highest BCUT2D eigenvalue weighted by molar-refractivity contribution is 5.88. The first-order valence-electron chi connectivity index (χ1n) is 8.32. The fourth-order valence-corrected chi connectivity index (χ4v) is 3.50. The standard InChI is InChI=1S/C18H21N5O/c1-22-9-8-17(21-22)20-18(24)23-10-6-13(7-11-23)15-12-19-16-5-3-2-4-14(15)16/h2-5,8-9,12-13,19H,6-7,10-11H2,1H3,(H,20,21,24). The number of hydrogen-bond acceptors (Lipinski definition) is 2. The van der Waals surface area contributed by atoms with Crippen molar-refractivity contribution in [2.45, 2.75) is 18.8 Å². The number of anilines is 1. The quantitative estimate of drug-likeness (QED) is 0.760. The van der Waals surface area contributed by atoms with Crippen LogP contribution in [0.5, 0.6) is 0 Å². The lowest BCUT2D eigenvalue weighted by molar-refractivity contribution is 0.194. The normalized spacial score (nSPS) is 15.8. The predicted octanol–water partition coefficient (Wildman–Crippen LogP) is 3.31. The Balaban J connectivity index is 1.40. The van der Waals surface area contributed by atoms with Crippen LogP contribution in [0.1, 0.15) is 24.3 Å². The Morgan fingerprint density at radius 3 is 2.79 bits per heavy atom. The van der Waals surface area contributed by atoms with Crippen LogP contribution in [0.4, 0.5) is 10.6 Å². The van der Waals surface area contributed by atoms with Crippen molar-refractivity contribution in [1.29, 1.82) is 0 Å². The summed E-state index contributed by atoms with van der Waals surface area (Å²) in [5.41, 5.74) is 2.55. The lowest BCUT2D eigenvalue weighted by atomic mass is 9.89. The number of benzene rings is 1. The van der Waals surface area contributed by atoms with Crippen molar-refractivity contribution in [3.8, 4) is 0 Å². The minimum atomic E-state index is -0.0638. The van der Waals surface area contributed by atoms with Crippen molar-refractivity contribution in [2.75, 3.05) is 18.4 Å². The molecule has 0 aliphatic carbocycles. The number of aromatic nitrogens is 3. The number of aryl methyl sites for hydroxylation is 1. The van der Waals surface area contributed by atoms with Crippen molar-refractivity contribution < 1.29 is 4.79 Å². The number of para-hydroxylation sites is 1. The van der Waals surface area contributed by atoms with Crippen molar-refractivity contribution in [2.24, 2.45) is 7.05 Å². The van der Waals surface area contributed by atoms with Crippen LogP contribution in [0.15, 0.2) is 42.7 Å². The number of aromatic amines is 1. The van der Waals surface area contributed by atoms with Gasteiger partial charge in [-0.1, -0.05) is 18.2 Å². The number of hydrogen-bond donors (Lipinski definition) is 2. The number of likely N-dealkylation sites (tertiary alicyclic amines) is 1. The van der Waals surface area contributed by atoms with Crippen molar-refractivity contribution in [3.63, 3.8) is 0 Å². The zero-order chi connectivity index (χ0) is 16.5. The largest absolute Gasteiger partial charge is 0.361 e. The Morgan fingerprint density at radius 2 is 2.04 bits per heavy atom. The highest BCUT2D eigenvalue weighted by atomic mass is 16.2. The van der Waals surface area contributed by atoms with Gasteiger partial charge in [0.2, 0.25) is 0 Å². The molecule has 2 N–H and O–H groups in total. The molecule has 4 rings (SSSR count). The molecule has 0 radical (unpaired) electrons. The van der Waals surface area contributed by atoms with Gasteiger partial charge in [-0.25, -0.2) is 4.79 Å². The van der Waals surface area contributed by atoms with E-state index in [1.165, 1.54) is 16.5 Å². The molecule has 1 aliphatic rings. The van der Waals surface area contributed by atoms with Crippen molar-refractivity contribution in [3.05, 3.63) is 48.3 Å². The van der Waals surface area contributed by atoms with Gasteiger partial charge in [0.1, 0.15) is 0 Å². The topological polar surface area (TPSA) is 66.0 Å². The van der Waals surface area contributed by atoms with Gasteiger partial charge in [-0.3, -0.25) is 10.00 Å². The third-order valence-corrected chi connectivity index (χ3v) is 4.79. The molecular weight excluding hydrogens is 302 g/mol. The van der Waals surface area contributed by atoms with E-state index in [1.807, 2.05) is 24.2 Å². The zero-order valence-electron chi connectivity index (χ0n) is 13.7. The second-order valence-electron chi connectivity index (χ2n) is 6.36. The number of H-pyrrole nitrogens is 1. The van der Waals surface area contributed by atoms with Crippen LogP contribution >= 0.6 is 0 Å². The fraction of sp³-hybridized carbons (Fsp3) is 0.333. The Bertz CT molecular complexity index is 857. The van der Waals surface area contributed by atoms with Crippen molar-refractivity contribution in [1.82, 2.24) is 19.7 Å². The number of nitrogens with zero attached hydrogens (tertiary/aromatic N) is 3. The maximum atomic E-state index is 12.3. The first kappa shape index (κ1) is 14.8. The van der Waals surface area contributed by atoms with Crippen molar-refractivity contribution >= 4 is 22.8 Å². The number of urea groups is 1. The summed E-state index contributed by atoms with van der Waals surface area (Å²) in [6.07, 6.45) is 5.91. The number of nitrogens with one attached hydrogen (secondary N) is 2. The Labute approximate surface area is 140 Å². The Hall–Kier alpha value is -2.76. The van der Waals surface area contributed by atoms with Crippen LogP contribution < -0.4 is 5.32 Å². The molecule has 1 aliphatic heterocycles. The van der Waals surface area contributed by atoms with Gasteiger partial charge >= 0.3 is 6.03 Å². The lowest BCUT2D eigenvalue weighted by Gasteiger charge is -2.31. The van der Waals surface area contributed by atoms with E-state index in [9.17, 15) is 4.79 Å². The number of carbonyl (C=O) groups excluding carboxylic acids is 1. The van der Waals surface area contributed by atoms with Gasteiger partial charge in [-0.2, -0.15) is 5.10 Å². The lowest BCUT2D eigenvalue weighted by Crippen LogP contribution is -2.40. The van der Waals surface area contributed by atoms with E-state index in [0.717, 1.165) is 25.9 Å². The van der Waals surface area contributed by atoms with Crippen LogP contribution in [0, 0.1) is 0 Å². The van der Waals surface area contributed by atoms with E-state index < -0.39 is 0 Å². The van der Waals surface area contributed by atoms with E-state index >= 15 is 0 Å². The van der Waals surface area contributed by atoms with Gasteiger partial charge in [-0.15, -0.1) is 0 Å². The molecule has 1 aromatic carbocycles. The van der Waals surface area contributed by atoms with Gasteiger partial charge in [0.25, 0.3) is 0 Å². The van der Waals surface area contributed by atoms with E-state index in [2.05, 4.69) is 39.8 Å². The second kappa shape index (κ2) is 6.03. The molecule has 24 heavy (non-hydrogen) atoms. The third kappa shape index (κ3) is 2.75. The SMILES string of the molecule is Cn1ccc(NC(=O)N2CCC(c3c[nH]c4ccccc34)CC2)n1. The van der Waals surface area contributed by atoms with Crippen LogP contribution in [0.3, 0.4) is 0 Å². The number of carbonyl (C=O) groups is 1. The molecule has 0 spiro atoms. The molecule has 124 valence electrons. The summed E-state index contributed by atoms with van der Waals surface area (Å²) in [6, 6.07) is 10.1. The molecule has 0 atom stereocenters. The highest BCUT2D eigenvalue weighted by Crippen LogP contribution is 2.33. The first-order chi connectivity index (χ1) is 11.7. The van der Waals surface area contributed by atoms with Gasteiger partial charge in [0.15, 0.2) is 5.82 Å². The molecule has 1 fully saturated rings. The number of piperidine rings is 1. The minimum absolute atomic E-state index is 0.0638. The summed E-state index contributed by atoms with van der Waals surface area (Å²) >= 11 is 0. The Kier molecular flexibility index (Phi) is 3.72. The summed E-state index contributed by atoms with van der Waals surface area (Å²) in [5, 5.41) is 8.35. The zero-order valence-corrected chi connectivity index (χ0v) is 13.7. The summed E-state index contributed by atoms with van der Waals surface area (Å²) in [6.45, 7) is 1.53. The molecule has 0 saturated carbocycles. The summed E-state index contributed by atoms with van der Waals surface area (Å²) in [7, 11) is 1.84. The molecule has 6 heteroatoms. The molecule has 0 bridgehead atoms. The van der Waals surface area contributed by atoms with Gasteiger partial charge in [-0.05, 0) is 30.4 Å². The third-order valence-electron chi connectivity index (χ3n) is 4.79. The fourth-order valence-electron chi connectivity index (χ4n) is 3.50. The monoisotopic (exact) mass is 323 g/mol. The highest BCUT2D eigenvalue weighted by Gasteiger charge is 2.25.